The molecular formula is C15H18N2O2. The lowest BCUT2D eigenvalue weighted by Gasteiger charge is -2.27. The molecule has 1 heterocycles. The first kappa shape index (κ1) is 13.3. The number of nitrogens with two attached hydrogens (primary N) is 1. The predicted octanol–water partition coefficient (Wildman–Crippen LogP) is 2.05. The van der Waals surface area contributed by atoms with Crippen molar-refractivity contribution in [2.75, 3.05) is 13.1 Å². The van der Waals surface area contributed by atoms with Crippen LogP contribution in [0.2, 0.25) is 0 Å². The Kier molecular flexibility index (Phi) is 4.00. The summed E-state index contributed by atoms with van der Waals surface area (Å²) in [5.74, 6) is -0.687. The van der Waals surface area contributed by atoms with Crippen LogP contribution in [-0.4, -0.2) is 29.8 Å². The SMILES string of the molecule is C=Cc1ccc(C(=O)N2CCCCC2)c(C(N)=O)c1. The van der Waals surface area contributed by atoms with E-state index in [1.807, 2.05) is 0 Å². The fraction of sp³-hybridized carbons (Fsp3) is 0.333. The van der Waals surface area contributed by atoms with E-state index < -0.39 is 5.91 Å². The number of amides is 2. The van der Waals surface area contributed by atoms with Crippen molar-refractivity contribution in [1.82, 2.24) is 4.90 Å². The zero-order valence-electron chi connectivity index (χ0n) is 10.9. The Morgan fingerprint density at radius 3 is 2.42 bits per heavy atom. The summed E-state index contributed by atoms with van der Waals surface area (Å²) >= 11 is 0. The summed E-state index contributed by atoms with van der Waals surface area (Å²) in [6.07, 6.45) is 4.81. The van der Waals surface area contributed by atoms with E-state index in [9.17, 15) is 9.59 Å². The van der Waals surface area contributed by atoms with Crippen LogP contribution in [0, 0.1) is 0 Å². The third-order valence-electron chi connectivity index (χ3n) is 3.42. The molecule has 0 radical (unpaired) electrons. The molecule has 0 bridgehead atoms. The topological polar surface area (TPSA) is 63.4 Å². The summed E-state index contributed by atoms with van der Waals surface area (Å²) in [6, 6.07) is 5.05. The predicted molar refractivity (Wildman–Crippen MR) is 74.8 cm³/mol. The van der Waals surface area contributed by atoms with Crippen LogP contribution in [0.4, 0.5) is 0 Å². The number of primary amides is 1. The van der Waals surface area contributed by atoms with Crippen molar-refractivity contribution < 1.29 is 9.59 Å². The van der Waals surface area contributed by atoms with Gasteiger partial charge in [-0.15, -0.1) is 0 Å². The van der Waals surface area contributed by atoms with Crippen molar-refractivity contribution in [3.05, 3.63) is 41.5 Å². The molecule has 0 aromatic heterocycles. The molecule has 2 amide bonds. The maximum absolute atomic E-state index is 12.4. The maximum Gasteiger partial charge on any atom is 0.254 e. The van der Waals surface area contributed by atoms with Crippen LogP contribution >= 0.6 is 0 Å². The summed E-state index contributed by atoms with van der Waals surface area (Å²) in [5.41, 5.74) is 6.80. The molecule has 0 unspecified atom stereocenters. The number of hydrogen-bond acceptors (Lipinski definition) is 2. The van der Waals surface area contributed by atoms with Crippen LogP contribution in [0.1, 0.15) is 45.5 Å². The number of carbonyl (C=O) groups excluding carboxylic acids is 2. The number of carbonyl (C=O) groups is 2. The minimum atomic E-state index is -0.580. The lowest BCUT2D eigenvalue weighted by atomic mass is 10.0. The Balaban J connectivity index is 2.34. The van der Waals surface area contributed by atoms with E-state index in [1.165, 1.54) is 0 Å². The van der Waals surface area contributed by atoms with E-state index in [2.05, 4.69) is 6.58 Å². The van der Waals surface area contributed by atoms with Crippen LogP contribution < -0.4 is 5.73 Å². The fourth-order valence-corrected chi connectivity index (χ4v) is 2.35. The molecule has 0 saturated carbocycles. The van der Waals surface area contributed by atoms with Gasteiger partial charge >= 0.3 is 0 Å². The molecule has 0 spiro atoms. The van der Waals surface area contributed by atoms with Gasteiger partial charge in [0, 0.05) is 13.1 Å². The van der Waals surface area contributed by atoms with Gasteiger partial charge in [-0.05, 0) is 37.0 Å². The lowest BCUT2D eigenvalue weighted by molar-refractivity contribution is 0.0719. The summed E-state index contributed by atoms with van der Waals surface area (Å²) in [6.45, 7) is 5.15. The highest BCUT2D eigenvalue weighted by molar-refractivity contribution is 6.07. The highest BCUT2D eigenvalue weighted by Gasteiger charge is 2.22. The standard InChI is InChI=1S/C15H18N2O2/c1-2-11-6-7-12(13(10-11)14(16)18)15(19)17-8-4-3-5-9-17/h2,6-7,10H,1,3-5,8-9H2,(H2,16,18). The number of nitrogens with zero attached hydrogens (tertiary/aromatic N) is 1. The summed E-state index contributed by atoms with van der Waals surface area (Å²) < 4.78 is 0. The van der Waals surface area contributed by atoms with Crippen molar-refractivity contribution >= 4 is 17.9 Å². The van der Waals surface area contributed by atoms with E-state index in [-0.39, 0.29) is 11.5 Å². The molecule has 1 aliphatic rings. The van der Waals surface area contributed by atoms with Crippen LogP contribution in [0.15, 0.2) is 24.8 Å². The molecular weight excluding hydrogens is 240 g/mol. The van der Waals surface area contributed by atoms with E-state index in [0.29, 0.717) is 5.56 Å². The number of benzene rings is 1. The number of piperidine rings is 1. The number of rotatable bonds is 3. The second-order valence-electron chi connectivity index (χ2n) is 4.73. The van der Waals surface area contributed by atoms with Gasteiger partial charge in [0.25, 0.3) is 5.91 Å². The normalized spacial score (nSPS) is 15.1. The van der Waals surface area contributed by atoms with Gasteiger partial charge in [0.1, 0.15) is 0 Å². The van der Waals surface area contributed by atoms with E-state index >= 15 is 0 Å². The Morgan fingerprint density at radius 1 is 1.16 bits per heavy atom. The fourth-order valence-electron chi connectivity index (χ4n) is 2.35. The smallest absolute Gasteiger partial charge is 0.254 e. The zero-order valence-corrected chi connectivity index (χ0v) is 10.9. The molecule has 0 aliphatic carbocycles. The van der Waals surface area contributed by atoms with E-state index in [1.54, 1.807) is 29.2 Å². The maximum atomic E-state index is 12.4. The van der Waals surface area contributed by atoms with Gasteiger partial charge in [0.2, 0.25) is 5.91 Å². The van der Waals surface area contributed by atoms with Crippen LogP contribution in [0.5, 0.6) is 0 Å². The average molecular weight is 258 g/mol. The van der Waals surface area contributed by atoms with Crippen molar-refractivity contribution in [2.45, 2.75) is 19.3 Å². The van der Waals surface area contributed by atoms with Gasteiger partial charge in [-0.2, -0.15) is 0 Å². The van der Waals surface area contributed by atoms with Crippen molar-refractivity contribution in [1.29, 1.82) is 0 Å². The molecule has 1 aromatic carbocycles. The van der Waals surface area contributed by atoms with Crippen molar-refractivity contribution in [3.63, 3.8) is 0 Å². The highest BCUT2D eigenvalue weighted by atomic mass is 16.2. The first-order chi connectivity index (χ1) is 9.13. The van der Waals surface area contributed by atoms with E-state index in [0.717, 1.165) is 37.9 Å². The van der Waals surface area contributed by atoms with Gasteiger partial charge in [-0.3, -0.25) is 9.59 Å². The highest BCUT2D eigenvalue weighted by Crippen LogP contribution is 2.18. The van der Waals surface area contributed by atoms with Gasteiger partial charge < -0.3 is 10.6 Å². The van der Waals surface area contributed by atoms with Gasteiger partial charge in [0.15, 0.2) is 0 Å². The monoisotopic (exact) mass is 258 g/mol. The van der Waals surface area contributed by atoms with E-state index in [4.69, 9.17) is 5.73 Å². The zero-order chi connectivity index (χ0) is 13.8. The second-order valence-corrected chi connectivity index (χ2v) is 4.73. The molecule has 19 heavy (non-hydrogen) atoms. The van der Waals surface area contributed by atoms with Crippen LogP contribution in [-0.2, 0) is 0 Å². The number of hydrogen-bond donors (Lipinski definition) is 1. The number of likely N-dealkylation sites (tertiary alicyclic amines) is 1. The molecule has 4 nitrogen and oxygen atoms in total. The van der Waals surface area contributed by atoms with Crippen LogP contribution in [0.3, 0.4) is 0 Å². The third kappa shape index (κ3) is 2.84. The van der Waals surface area contributed by atoms with Crippen LogP contribution in [0.25, 0.3) is 6.08 Å². The summed E-state index contributed by atoms with van der Waals surface area (Å²) in [4.78, 5) is 25.7. The lowest BCUT2D eigenvalue weighted by Crippen LogP contribution is -2.36. The second kappa shape index (κ2) is 5.69. The largest absolute Gasteiger partial charge is 0.366 e. The minimum absolute atomic E-state index is 0.107. The van der Waals surface area contributed by atoms with Gasteiger partial charge in [-0.1, -0.05) is 18.7 Å². The molecule has 2 rings (SSSR count). The first-order valence-corrected chi connectivity index (χ1v) is 6.49. The molecule has 0 atom stereocenters. The molecule has 1 fully saturated rings. The quantitative estimate of drug-likeness (QED) is 0.901. The van der Waals surface area contributed by atoms with Crippen molar-refractivity contribution in [3.8, 4) is 0 Å². The molecule has 4 heteroatoms. The van der Waals surface area contributed by atoms with Gasteiger partial charge in [0.05, 0.1) is 11.1 Å². The first-order valence-electron chi connectivity index (χ1n) is 6.49. The Morgan fingerprint density at radius 2 is 1.84 bits per heavy atom. The van der Waals surface area contributed by atoms with Crippen molar-refractivity contribution in [2.24, 2.45) is 5.73 Å². The Bertz CT molecular complexity index is 517. The Hall–Kier alpha value is -2.10. The Labute approximate surface area is 112 Å². The average Bonchev–Trinajstić information content (AvgIpc) is 2.46. The minimum Gasteiger partial charge on any atom is -0.366 e. The summed E-state index contributed by atoms with van der Waals surface area (Å²) in [7, 11) is 0. The molecule has 1 aromatic rings. The third-order valence-corrected chi connectivity index (χ3v) is 3.42. The molecule has 1 saturated heterocycles. The summed E-state index contributed by atoms with van der Waals surface area (Å²) in [5, 5.41) is 0. The molecule has 1 aliphatic heterocycles. The molecule has 100 valence electrons. The van der Waals surface area contributed by atoms with Gasteiger partial charge in [-0.25, -0.2) is 0 Å². The molecule has 2 N–H and O–H groups in total.